The summed E-state index contributed by atoms with van der Waals surface area (Å²) >= 11 is 0. The molecular formula is C13H15F3N2O3. The van der Waals surface area contributed by atoms with Gasteiger partial charge in [-0.05, 0) is 5.92 Å². The van der Waals surface area contributed by atoms with E-state index in [9.17, 15) is 22.8 Å². The van der Waals surface area contributed by atoms with Crippen molar-refractivity contribution in [3.8, 4) is 0 Å². The average Bonchev–Trinajstić information content (AvgIpc) is 2.39. The van der Waals surface area contributed by atoms with Crippen molar-refractivity contribution >= 4 is 17.7 Å². The summed E-state index contributed by atoms with van der Waals surface area (Å²) < 4.78 is 39.4. The summed E-state index contributed by atoms with van der Waals surface area (Å²) in [7, 11) is 0. The molecule has 0 aromatic heterocycles. The molecule has 3 N–H and O–H groups in total. The standard InChI is InChI=1S/C13H15F3N2O3/c1-3-6(2)10(12(19)20)17-13(21)18-11-8(15)4-7(14)5-9(11)16/h4-6,10H,3H2,1-2H3,(H,19,20)(H2,17,18,21)/t6?,10-/m0/s1. The predicted octanol–water partition coefficient (Wildman–Crippen LogP) is 2.72. The van der Waals surface area contributed by atoms with Crippen LogP contribution in [0.2, 0.25) is 0 Å². The number of rotatable bonds is 5. The molecule has 0 heterocycles. The van der Waals surface area contributed by atoms with Crippen molar-refractivity contribution < 1.29 is 27.9 Å². The summed E-state index contributed by atoms with van der Waals surface area (Å²) in [6.07, 6.45) is 0.483. The molecule has 0 aliphatic heterocycles. The van der Waals surface area contributed by atoms with Crippen molar-refractivity contribution in [3.63, 3.8) is 0 Å². The van der Waals surface area contributed by atoms with Gasteiger partial charge >= 0.3 is 12.0 Å². The first-order valence-corrected chi connectivity index (χ1v) is 6.21. The molecule has 0 aliphatic rings. The molecule has 1 aromatic carbocycles. The number of carbonyl (C=O) groups excluding carboxylic acids is 1. The van der Waals surface area contributed by atoms with E-state index in [0.29, 0.717) is 18.6 Å². The lowest BCUT2D eigenvalue weighted by molar-refractivity contribution is -0.140. The van der Waals surface area contributed by atoms with Gasteiger partial charge in [0.15, 0.2) is 11.6 Å². The number of anilines is 1. The molecule has 0 saturated carbocycles. The highest BCUT2D eigenvalue weighted by Crippen LogP contribution is 2.20. The molecule has 2 amide bonds. The van der Waals surface area contributed by atoms with Crippen LogP contribution >= 0.6 is 0 Å². The van der Waals surface area contributed by atoms with Crippen molar-refractivity contribution in [1.82, 2.24) is 5.32 Å². The first-order valence-electron chi connectivity index (χ1n) is 6.21. The molecule has 0 fully saturated rings. The zero-order valence-electron chi connectivity index (χ0n) is 11.4. The average molecular weight is 304 g/mol. The van der Waals surface area contributed by atoms with Gasteiger partial charge in [-0.25, -0.2) is 22.8 Å². The van der Waals surface area contributed by atoms with Gasteiger partial charge in [0.25, 0.3) is 0 Å². The minimum absolute atomic E-state index is 0.379. The molecule has 0 saturated heterocycles. The monoisotopic (exact) mass is 304 g/mol. The van der Waals surface area contributed by atoms with E-state index in [-0.39, 0.29) is 5.92 Å². The normalized spacial score (nSPS) is 13.4. The topological polar surface area (TPSA) is 78.4 Å². The largest absolute Gasteiger partial charge is 0.480 e. The summed E-state index contributed by atoms with van der Waals surface area (Å²) in [6, 6.07) is -1.49. The summed E-state index contributed by atoms with van der Waals surface area (Å²) in [6.45, 7) is 3.34. The molecule has 21 heavy (non-hydrogen) atoms. The Labute approximate surface area is 119 Å². The number of benzene rings is 1. The van der Waals surface area contributed by atoms with Gasteiger partial charge in [0.1, 0.15) is 17.5 Å². The molecule has 0 bridgehead atoms. The summed E-state index contributed by atoms with van der Waals surface area (Å²) in [5.74, 6) is -5.36. The zero-order valence-corrected chi connectivity index (χ0v) is 11.4. The molecule has 1 aromatic rings. The Bertz CT molecular complexity index is 528. The number of carbonyl (C=O) groups is 2. The lowest BCUT2D eigenvalue weighted by atomic mass is 9.99. The highest BCUT2D eigenvalue weighted by atomic mass is 19.1. The molecule has 1 rings (SSSR count). The SMILES string of the molecule is CCC(C)[C@H](NC(=O)Nc1c(F)cc(F)cc1F)C(=O)O. The Morgan fingerprint density at radius 3 is 2.19 bits per heavy atom. The van der Waals surface area contributed by atoms with Gasteiger partial charge in [-0.2, -0.15) is 0 Å². The second kappa shape index (κ2) is 6.96. The summed E-state index contributed by atoms with van der Waals surface area (Å²) in [4.78, 5) is 22.7. The van der Waals surface area contributed by atoms with Crippen LogP contribution < -0.4 is 10.6 Å². The van der Waals surface area contributed by atoms with Gasteiger partial charge in [0.2, 0.25) is 0 Å². The first kappa shape index (κ1) is 16.8. The van der Waals surface area contributed by atoms with Crippen molar-refractivity contribution in [3.05, 3.63) is 29.6 Å². The van der Waals surface area contributed by atoms with E-state index in [4.69, 9.17) is 5.11 Å². The number of aliphatic carboxylic acids is 1. The van der Waals surface area contributed by atoms with Crippen molar-refractivity contribution in [2.75, 3.05) is 5.32 Å². The van der Waals surface area contributed by atoms with E-state index in [1.165, 1.54) is 0 Å². The van der Waals surface area contributed by atoms with Crippen molar-refractivity contribution in [2.45, 2.75) is 26.3 Å². The third-order valence-electron chi connectivity index (χ3n) is 3.01. The zero-order chi connectivity index (χ0) is 16.2. The third-order valence-corrected chi connectivity index (χ3v) is 3.01. The van der Waals surface area contributed by atoms with E-state index in [2.05, 4.69) is 5.32 Å². The quantitative estimate of drug-likeness (QED) is 0.782. The van der Waals surface area contributed by atoms with Crippen LogP contribution in [0.3, 0.4) is 0 Å². The molecule has 0 radical (unpaired) electrons. The van der Waals surface area contributed by atoms with E-state index >= 15 is 0 Å². The van der Waals surface area contributed by atoms with Gasteiger partial charge in [-0.3, -0.25) is 0 Å². The van der Waals surface area contributed by atoms with Gasteiger partial charge in [-0.1, -0.05) is 20.3 Å². The predicted molar refractivity (Wildman–Crippen MR) is 69.3 cm³/mol. The Balaban J connectivity index is 2.84. The first-order chi connectivity index (χ1) is 9.76. The lowest BCUT2D eigenvalue weighted by Gasteiger charge is -2.20. The second-order valence-electron chi connectivity index (χ2n) is 4.54. The molecule has 8 heteroatoms. The lowest BCUT2D eigenvalue weighted by Crippen LogP contribution is -2.46. The van der Waals surface area contributed by atoms with Gasteiger partial charge in [0, 0.05) is 12.1 Å². The van der Waals surface area contributed by atoms with E-state index in [1.54, 1.807) is 13.8 Å². The molecule has 2 atom stereocenters. The van der Waals surface area contributed by atoms with Crippen LogP contribution in [0.4, 0.5) is 23.7 Å². The number of hydrogen-bond acceptors (Lipinski definition) is 2. The maximum absolute atomic E-state index is 13.4. The maximum Gasteiger partial charge on any atom is 0.326 e. The molecule has 0 aliphatic carbocycles. The van der Waals surface area contributed by atoms with Crippen LogP contribution in [-0.2, 0) is 4.79 Å². The minimum Gasteiger partial charge on any atom is -0.480 e. The van der Waals surface area contributed by atoms with Crippen LogP contribution in [-0.4, -0.2) is 23.1 Å². The Kier molecular flexibility index (Phi) is 5.57. The Hall–Kier alpha value is -2.25. The summed E-state index contributed by atoms with van der Waals surface area (Å²) in [5, 5.41) is 12.9. The molecule has 0 spiro atoms. The third kappa shape index (κ3) is 4.37. The fraction of sp³-hybridized carbons (Fsp3) is 0.385. The van der Waals surface area contributed by atoms with Crippen LogP contribution in [0.1, 0.15) is 20.3 Å². The van der Waals surface area contributed by atoms with Gasteiger partial charge in [0.05, 0.1) is 0 Å². The van der Waals surface area contributed by atoms with Crippen LogP contribution in [0, 0.1) is 23.4 Å². The maximum atomic E-state index is 13.4. The Morgan fingerprint density at radius 1 is 1.24 bits per heavy atom. The van der Waals surface area contributed by atoms with Crippen molar-refractivity contribution in [1.29, 1.82) is 0 Å². The summed E-state index contributed by atoms with van der Waals surface area (Å²) in [5.41, 5.74) is -0.845. The second-order valence-corrected chi connectivity index (χ2v) is 4.54. The highest BCUT2D eigenvalue weighted by molar-refractivity contribution is 5.92. The number of urea groups is 1. The fourth-order valence-electron chi connectivity index (χ4n) is 1.64. The van der Waals surface area contributed by atoms with E-state index < -0.39 is 41.2 Å². The number of carboxylic acids is 1. The van der Waals surface area contributed by atoms with Crippen molar-refractivity contribution in [2.24, 2.45) is 5.92 Å². The Morgan fingerprint density at radius 2 is 1.76 bits per heavy atom. The minimum atomic E-state index is -1.29. The molecular weight excluding hydrogens is 289 g/mol. The highest BCUT2D eigenvalue weighted by Gasteiger charge is 2.26. The van der Waals surface area contributed by atoms with Crippen LogP contribution in [0.25, 0.3) is 0 Å². The van der Waals surface area contributed by atoms with Gasteiger partial charge in [-0.15, -0.1) is 0 Å². The number of hydrogen-bond donors (Lipinski definition) is 3. The number of halogens is 3. The molecule has 5 nitrogen and oxygen atoms in total. The van der Waals surface area contributed by atoms with Gasteiger partial charge < -0.3 is 15.7 Å². The fourth-order valence-corrected chi connectivity index (χ4v) is 1.64. The van der Waals surface area contributed by atoms with E-state index in [1.807, 2.05) is 5.32 Å². The number of carboxylic acid groups (broad SMARTS) is 1. The molecule has 116 valence electrons. The number of nitrogens with one attached hydrogen (secondary N) is 2. The van der Waals surface area contributed by atoms with E-state index in [0.717, 1.165) is 0 Å². The smallest absolute Gasteiger partial charge is 0.326 e. The number of amides is 2. The van der Waals surface area contributed by atoms with Crippen LogP contribution in [0.15, 0.2) is 12.1 Å². The van der Waals surface area contributed by atoms with Crippen LogP contribution in [0.5, 0.6) is 0 Å². The molecule has 1 unspecified atom stereocenters.